The minimum Gasteiger partial charge on any atom is -0.480 e. The smallest absolute Gasteiger partial charge is 0.320 e. The van der Waals surface area contributed by atoms with Crippen LogP contribution in [-0.4, -0.2) is 44.7 Å². The number of hydrogen-bond acceptors (Lipinski definition) is 3. The molecule has 0 bridgehead atoms. The fourth-order valence-electron chi connectivity index (χ4n) is 2.25. The van der Waals surface area contributed by atoms with E-state index >= 15 is 0 Å². The van der Waals surface area contributed by atoms with Gasteiger partial charge in [0.15, 0.2) is 0 Å². The predicted molar refractivity (Wildman–Crippen MR) is 59.1 cm³/mol. The van der Waals surface area contributed by atoms with E-state index in [1.165, 1.54) is 0 Å². The van der Waals surface area contributed by atoms with E-state index in [1.807, 2.05) is 10.8 Å². The fraction of sp³-hybridized carbons (Fsp3) is 0.636. The standard InChI is InChI=1S/C11H17N3O2/c15-11(16)10-3-1-6-14(10)7-2-5-13-8-4-12-9-13/h4,8-10H,1-3,5-7H2,(H,15,16). The Bertz CT molecular complexity index is 337. The van der Waals surface area contributed by atoms with Gasteiger partial charge in [-0.05, 0) is 25.8 Å². The predicted octanol–water partition coefficient (Wildman–Crippen LogP) is 0.822. The number of likely N-dealkylation sites (tertiary alicyclic amines) is 1. The first-order valence-electron chi connectivity index (χ1n) is 5.70. The largest absolute Gasteiger partial charge is 0.480 e. The summed E-state index contributed by atoms with van der Waals surface area (Å²) in [6, 6.07) is -0.261. The maximum Gasteiger partial charge on any atom is 0.320 e. The van der Waals surface area contributed by atoms with Gasteiger partial charge in [-0.2, -0.15) is 0 Å². The molecule has 0 saturated carbocycles. The van der Waals surface area contributed by atoms with Crippen LogP contribution in [0.3, 0.4) is 0 Å². The number of rotatable bonds is 5. The molecule has 2 rings (SSSR count). The van der Waals surface area contributed by atoms with Crippen LogP contribution >= 0.6 is 0 Å². The number of carboxylic acid groups (broad SMARTS) is 1. The van der Waals surface area contributed by atoms with Crippen molar-refractivity contribution in [3.8, 4) is 0 Å². The van der Waals surface area contributed by atoms with E-state index in [1.54, 1.807) is 12.5 Å². The highest BCUT2D eigenvalue weighted by molar-refractivity contribution is 5.73. The van der Waals surface area contributed by atoms with Crippen molar-refractivity contribution in [3.05, 3.63) is 18.7 Å². The zero-order valence-electron chi connectivity index (χ0n) is 9.25. The Kier molecular flexibility index (Phi) is 3.56. The molecule has 88 valence electrons. The minimum atomic E-state index is -0.680. The van der Waals surface area contributed by atoms with Crippen LogP contribution in [0.5, 0.6) is 0 Å². The average molecular weight is 223 g/mol. The van der Waals surface area contributed by atoms with Crippen LogP contribution in [-0.2, 0) is 11.3 Å². The molecule has 1 N–H and O–H groups in total. The van der Waals surface area contributed by atoms with Crippen molar-refractivity contribution in [1.29, 1.82) is 0 Å². The number of imidazole rings is 1. The first-order valence-corrected chi connectivity index (χ1v) is 5.70. The van der Waals surface area contributed by atoms with E-state index in [-0.39, 0.29) is 6.04 Å². The first kappa shape index (κ1) is 11.1. The molecule has 1 atom stereocenters. The van der Waals surface area contributed by atoms with Crippen molar-refractivity contribution in [3.63, 3.8) is 0 Å². The average Bonchev–Trinajstić information content (AvgIpc) is 2.87. The highest BCUT2D eigenvalue weighted by atomic mass is 16.4. The third-order valence-electron chi connectivity index (χ3n) is 3.07. The number of nitrogens with zero attached hydrogens (tertiary/aromatic N) is 3. The summed E-state index contributed by atoms with van der Waals surface area (Å²) in [4.78, 5) is 17.0. The Morgan fingerprint density at radius 3 is 3.06 bits per heavy atom. The lowest BCUT2D eigenvalue weighted by molar-refractivity contribution is -0.142. The Hall–Kier alpha value is -1.36. The van der Waals surface area contributed by atoms with Crippen molar-refractivity contribution in [2.45, 2.75) is 31.8 Å². The summed E-state index contributed by atoms with van der Waals surface area (Å²) < 4.78 is 2.02. The van der Waals surface area contributed by atoms with Gasteiger partial charge in [-0.25, -0.2) is 4.98 Å². The minimum absolute atomic E-state index is 0.261. The quantitative estimate of drug-likeness (QED) is 0.803. The van der Waals surface area contributed by atoms with E-state index in [2.05, 4.69) is 9.88 Å². The van der Waals surface area contributed by atoms with Crippen LogP contribution < -0.4 is 0 Å². The number of carboxylic acids is 1. The molecule has 2 heterocycles. The topological polar surface area (TPSA) is 58.4 Å². The molecular formula is C11H17N3O2. The second-order valence-electron chi connectivity index (χ2n) is 4.19. The van der Waals surface area contributed by atoms with E-state index in [9.17, 15) is 4.79 Å². The molecule has 5 nitrogen and oxygen atoms in total. The number of aromatic nitrogens is 2. The van der Waals surface area contributed by atoms with E-state index in [0.29, 0.717) is 0 Å². The maximum atomic E-state index is 10.9. The van der Waals surface area contributed by atoms with Gasteiger partial charge in [0.1, 0.15) is 6.04 Å². The molecule has 0 aliphatic carbocycles. The Labute approximate surface area is 94.7 Å². The Balaban J connectivity index is 1.75. The zero-order valence-corrected chi connectivity index (χ0v) is 9.25. The van der Waals surface area contributed by atoms with Crippen LogP contribution in [0.2, 0.25) is 0 Å². The van der Waals surface area contributed by atoms with E-state index in [4.69, 9.17) is 5.11 Å². The van der Waals surface area contributed by atoms with Crippen LogP contribution in [0.4, 0.5) is 0 Å². The third kappa shape index (κ3) is 2.61. The van der Waals surface area contributed by atoms with Crippen LogP contribution in [0, 0.1) is 0 Å². The molecule has 0 spiro atoms. The van der Waals surface area contributed by atoms with Crippen LogP contribution in [0.15, 0.2) is 18.7 Å². The van der Waals surface area contributed by atoms with Crippen molar-refractivity contribution in [2.75, 3.05) is 13.1 Å². The molecule has 0 radical (unpaired) electrons. The van der Waals surface area contributed by atoms with Gasteiger partial charge >= 0.3 is 5.97 Å². The summed E-state index contributed by atoms with van der Waals surface area (Å²) in [7, 11) is 0. The molecule has 1 aliphatic rings. The first-order chi connectivity index (χ1) is 7.77. The zero-order chi connectivity index (χ0) is 11.4. The van der Waals surface area contributed by atoms with Crippen molar-refractivity contribution >= 4 is 5.97 Å². The Morgan fingerprint density at radius 1 is 1.50 bits per heavy atom. The summed E-state index contributed by atoms with van der Waals surface area (Å²) in [6.07, 6.45) is 8.25. The van der Waals surface area contributed by atoms with Gasteiger partial charge in [0.25, 0.3) is 0 Å². The highest BCUT2D eigenvalue weighted by Gasteiger charge is 2.29. The van der Waals surface area contributed by atoms with Crippen LogP contribution in [0.1, 0.15) is 19.3 Å². The Morgan fingerprint density at radius 2 is 2.38 bits per heavy atom. The molecular weight excluding hydrogens is 206 g/mol. The number of aliphatic carboxylic acids is 1. The van der Waals surface area contributed by atoms with Gasteiger partial charge in [-0.3, -0.25) is 9.69 Å². The number of aryl methyl sites for hydroxylation is 1. The van der Waals surface area contributed by atoms with Gasteiger partial charge in [-0.15, -0.1) is 0 Å². The van der Waals surface area contributed by atoms with Gasteiger partial charge < -0.3 is 9.67 Å². The van der Waals surface area contributed by atoms with Gasteiger partial charge in [-0.1, -0.05) is 0 Å². The lowest BCUT2D eigenvalue weighted by Gasteiger charge is -2.20. The number of hydrogen-bond donors (Lipinski definition) is 1. The summed E-state index contributed by atoms with van der Waals surface area (Å²) in [5.74, 6) is -0.680. The van der Waals surface area contributed by atoms with E-state index in [0.717, 1.165) is 38.9 Å². The molecule has 0 aromatic carbocycles. The summed E-state index contributed by atoms with van der Waals surface area (Å²) >= 11 is 0. The van der Waals surface area contributed by atoms with Crippen molar-refractivity contribution in [1.82, 2.24) is 14.5 Å². The highest BCUT2D eigenvalue weighted by Crippen LogP contribution is 2.17. The molecule has 1 fully saturated rings. The molecule has 0 amide bonds. The lowest BCUT2D eigenvalue weighted by atomic mass is 10.2. The third-order valence-corrected chi connectivity index (χ3v) is 3.07. The molecule has 1 aromatic rings. The summed E-state index contributed by atoms with van der Waals surface area (Å²) in [5, 5.41) is 9.01. The normalized spacial score (nSPS) is 21.4. The van der Waals surface area contributed by atoms with Crippen molar-refractivity contribution < 1.29 is 9.90 Å². The number of carbonyl (C=O) groups is 1. The summed E-state index contributed by atoms with van der Waals surface area (Å²) in [6.45, 7) is 2.68. The van der Waals surface area contributed by atoms with Gasteiger partial charge in [0, 0.05) is 25.5 Å². The lowest BCUT2D eigenvalue weighted by Crippen LogP contribution is -2.36. The van der Waals surface area contributed by atoms with Gasteiger partial charge in [0.2, 0.25) is 0 Å². The van der Waals surface area contributed by atoms with E-state index < -0.39 is 5.97 Å². The van der Waals surface area contributed by atoms with Gasteiger partial charge in [0.05, 0.1) is 6.33 Å². The van der Waals surface area contributed by atoms with Crippen LogP contribution in [0.25, 0.3) is 0 Å². The molecule has 1 saturated heterocycles. The summed E-state index contributed by atoms with van der Waals surface area (Å²) in [5.41, 5.74) is 0. The fourth-order valence-corrected chi connectivity index (χ4v) is 2.25. The molecule has 1 aliphatic heterocycles. The maximum absolute atomic E-state index is 10.9. The molecule has 5 heteroatoms. The molecule has 16 heavy (non-hydrogen) atoms. The second kappa shape index (κ2) is 5.12. The van der Waals surface area contributed by atoms with Crippen molar-refractivity contribution in [2.24, 2.45) is 0 Å². The monoisotopic (exact) mass is 223 g/mol. The molecule has 1 unspecified atom stereocenters. The second-order valence-corrected chi connectivity index (χ2v) is 4.19. The molecule has 1 aromatic heterocycles. The SMILES string of the molecule is O=C(O)C1CCCN1CCCn1ccnc1.